The van der Waals surface area contributed by atoms with Gasteiger partial charge in [0, 0.05) is 22.1 Å². The van der Waals surface area contributed by atoms with Crippen molar-refractivity contribution in [3.63, 3.8) is 0 Å². The molecule has 1 aromatic heterocycles. The number of aliphatic hydroxyl groups is 3. The van der Waals surface area contributed by atoms with Crippen molar-refractivity contribution in [2.45, 2.75) is 63.4 Å². The minimum absolute atomic E-state index is 0.203. The third-order valence-corrected chi connectivity index (χ3v) is 9.97. The van der Waals surface area contributed by atoms with Crippen LogP contribution in [0.15, 0.2) is 12.2 Å². The Morgan fingerprint density at radius 3 is 2.69 bits per heavy atom. The summed E-state index contributed by atoms with van der Waals surface area (Å²) in [4.78, 5) is 19.7. The zero-order valence-corrected chi connectivity index (χ0v) is 17.8. The molecule has 156 valence electrons. The van der Waals surface area contributed by atoms with E-state index in [1.165, 1.54) is 4.88 Å². The fourth-order valence-corrected chi connectivity index (χ4v) is 9.48. The number of ether oxygens (including phenoxy) is 1. The quantitative estimate of drug-likeness (QED) is 0.553. The first-order chi connectivity index (χ1) is 13.5. The predicted molar refractivity (Wildman–Crippen MR) is 105 cm³/mol. The number of aliphatic hydroxyl groups excluding tert-OH is 2. The van der Waals surface area contributed by atoms with Gasteiger partial charge in [-0.1, -0.05) is 20.4 Å². The lowest BCUT2D eigenvalue weighted by Gasteiger charge is -2.73. The van der Waals surface area contributed by atoms with Gasteiger partial charge in [-0.05, 0) is 43.1 Å². The van der Waals surface area contributed by atoms with Crippen molar-refractivity contribution in [2.75, 3.05) is 6.61 Å². The van der Waals surface area contributed by atoms with E-state index in [1.54, 1.807) is 11.3 Å². The van der Waals surface area contributed by atoms with E-state index < -0.39 is 28.8 Å². The largest absolute Gasteiger partial charge is 0.391 e. The molecule has 1 aromatic rings. The molecule has 0 radical (unpaired) electrons. The van der Waals surface area contributed by atoms with E-state index in [1.807, 2.05) is 6.92 Å². The van der Waals surface area contributed by atoms with Crippen LogP contribution in [0.25, 0.3) is 0 Å². The summed E-state index contributed by atoms with van der Waals surface area (Å²) in [5, 5.41) is 35.7. The van der Waals surface area contributed by atoms with Crippen LogP contribution < -0.4 is 0 Å². The van der Waals surface area contributed by atoms with E-state index in [9.17, 15) is 20.1 Å². The van der Waals surface area contributed by atoms with E-state index >= 15 is 0 Å². The Bertz CT molecular complexity index is 986. The molecule has 7 rings (SSSR count). The van der Waals surface area contributed by atoms with E-state index in [4.69, 9.17) is 9.72 Å². The summed E-state index contributed by atoms with van der Waals surface area (Å²) in [7, 11) is 0. The molecule has 2 spiro atoms. The first-order valence-corrected chi connectivity index (χ1v) is 11.3. The summed E-state index contributed by atoms with van der Waals surface area (Å²) < 4.78 is 6.02. The Morgan fingerprint density at radius 2 is 1.97 bits per heavy atom. The van der Waals surface area contributed by atoms with Crippen molar-refractivity contribution >= 4 is 17.1 Å². The maximum Gasteiger partial charge on any atom is 0.208 e. The van der Waals surface area contributed by atoms with Gasteiger partial charge < -0.3 is 20.1 Å². The Morgan fingerprint density at radius 1 is 1.24 bits per heavy atom. The summed E-state index contributed by atoms with van der Waals surface area (Å²) in [6.45, 7) is 10.4. The second kappa shape index (κ2) is 5.02. The van der Waals surface area contributed by atoms with E-state index in [0.29, 0.717) is 18.4 Å². The predicted octanol–water partition coefficient (Wildman–Crippen LogP) is 1.49. The summed E-state index contributed by atoms with van der Waals surface area (Å²) in [6.07, 6.45) is -0.308. The molecule has 2 aliphatic heterocycles. The highest BCUT2D eigenvalue weighted by atomic mass is 32.1. The molecule has 6 nitrogen and oxygen atoms in total. The van der Waals surface area contributed by atoms with Crippen LogP contribution in [-0.2, 0) is 21.4 Å². The molecule has 29 heavy (non-hydrogen) atoms. The van der Waals surface area contributed by atoms with E-state index in [-0.39, 0.29) is 35.6 Å². The summed E-state index contributed by atoms with van der Waals surface area (Å²) in [5.74, 6) is -3.50. The van der Waals surface area contributed by atoms with Crippen LogP contribution >= 0.6 is 11.3 Å². The highest BCUT2D eigenvalue weighted by Gasteiger charge is 2.86. The molecule has 0 amide bonds. The molecule has 3 N–H and O–H groups in total. The highest BCUT2D eigenvalue weighted by Crippen LogP contribution is 2.75. The number of ketones is 1. The minimum Gasteiger partial charge on any atom is -0.391 e. The zero-order chi connectivity index (χ0) is 20.7. The highest BCUT2D eigenvalue weighted by molar-refractivity contribution is 7.11. The van der Waals surface area contributed by atoms with Crippen LogP contribution in [0, 0.1) is 35.5 Å². The first kappa shape index (κ1) is 18.6. The fraction of sp³-hybridized carbons (Fsp3) is 0.727. The smallest absolute Gasteiger partial charge is 0.208 e. The monoisotopic (exact) mass is 417 g/mol. The lowest BCUT2D eigenvalue weighted by atomic mass is 9.36. The second-order valence-electron chi connectivity index (χ2n) is 10.5. The van der Waals surface area contributed by atoms with Crippen LogP contribution in [0.3, 0.4) is 0 Å². The number of aryl methyl sites for hydroxylation is 1. The molecule has 5 fully saturated rings. The Balaban J connectivity index is 1.71. The average molecular weight is 418 g/mol. The molecule has 0 aromatic carbocycles. The summed E-state index contributed by atoms with van der Waals surface area (Å²) in [5.41, 5.74) is -1.34. The Kier molecular flexibility index (Phi) is 3.23. The number of carbonyl (C=O) groups is 1. The van der Waals surface area contributed by atoms with Crippen molar-refractivity contribution in [1.29, 1.82) is 0 Å². The molecule has 3 saturated carbocycles. The molecule has 4 bridgehead atoms. The van der Waals surface area contributed by atoms with E-state index in [2.05, 4.69) is 20.4 Å². The summed E-state index contributed by atoms with van der Waals surface area (Å²) in [6, 6.07) is 0. The molecule has 7 heteroatoms. The van der Waals surface area contributed by atoms with E-state index in [0.717, 1.165) is 17.1 Å². The molecule has 4 aliphatic carbocycles. The number of fused-ring (bicyclic) bond motifs is 3. The third kappa shape index (κ3) is 1.64. The van der Waals surface area contributed by atoms with Gasteiger partial charge in [0.2, 0.25) is 5.79 Å². The normalized spacial score (nSPS) is 51.6. The van der Waals surface area contributed by atoms with Crippen molar-refractivity contribution in [2.24, 2.45) is 28.6 Å². The average Bonchev–Trinajstić information content (AvgIpc) is 3.05. The maximum absolute atomic E-state index is 13.6. The number of hydrogen-bond acceptors (Lipinski definition) is 7. The number of carbonyl (C=O) groups excluding carboxylic acids is 1. The lowest BCUT2D eigenvalue weighted by molar-refractivity contribution is -0.429. The van der Waals surface area contributed by atoms with Crippen LogP contribution in [0.5, 0.6) is 0 Å². The fourth-order valence-electron chi connectivity index (χ4n) is 8.21. The number of aromatic nitrogens is 1. The molecular formula is C22H27NO5S. The van der Waals surface area contributed by atoms with Gasteiger partial charge >= 0.3 is 0 Å². The van der Waals surface area contributed by atoms with Gasteiger partial charge in [0.1, 0.15) is 11.5 Å². The SMILES string of the molecule is C=C1C(=O)[C@]23[C@H](O)[C@H]1CC[C@H]2[C@@]12COC3(O)[C@@H](O)[C@@H]1C(C)(C)Cc1sc(C)nc12. The second-order valence-corrected chi connectivity index (χ2v) is 11.8. The minimum atomic E-state index is -2.11. The van der Waals surface area contributed by atoms with Gasteiger partial charge in [-0.15, -0.1) is 11.3 Å². The van der Waals surface area contributed by atoms with Gasteiger partial charge in [0.15, 0.2) is 5.78 Å². The van der Waals surface area contributed by atoms with Gasteiger partial charge in [-0.3, -0.25) is 4.79 Å². The summed E-state index contributed by atoms with van der Waals surface area (Å²) >= 11 is 1.66. The Labute approximate surface area is 173 Å². The molecular weight excluding hydrogens is 390 g/mol. The molecule has 2 saturated heterocycles. The van der Waals surface area contributed by atoms with Gasteiger partial charge in [-0.25, -0.2) is 4.98 Å². The van der Waals surface area contributed by atoms with Gasteiger partial charge in [-0.2, -0.15) is 0 Å². The van der Waals surface area contributed by atoms with Crippen LogP contribution in [0.4, 0.5) is 0 Å². The molecule has 6 aliphatic rings. The van der Waals surface area contributed by atoms with Crippen molar-refractivity contribution in [3.8, 4) is 0 Å². The zero-order valence-electron chi connectivity index (χ0n) is 16.9. The van der Waals surface area contributed by atoms with Crippen molar-refractivity contribution in [3.05, 3.63) is 27.7 Å². The van der Waals surface area contributed by atoms with Gasteiger partial charge in [0.25, 0.3) is 0 Å². The van der Waals surface area contributed by atoms with Crippen LogP contribution in [0.1, 0.15) is 42.3 Å². The number of Topliss-reactive ketones (excluding diaryl/α,β-unsaturated/α-hetero) is 1. The molecule has 3 heterocycles. The number of thiazole rings is 1. The first-order valence-electron chi connectivity index (χ1n) is 10.5. The number of hydrogen-bond donors (Lipinski definition) is 3. The van der Waals surface area contributed by atoms with Crippen LogP contribution in [-0.4, -0.2) is 50.7 Å². The Hall–Kier alpha value is -1.12. The number of nitrogens with zero attached hydrogens (tertiary/aromatic N) is 1. The molecule has 1 unspecified atom stereocenters. The standard InChI is InChI=1S/C22H27NO5S/c1-9-11-5-6-13-20-8-28-22(27,21(13,16(9)24)17(11)25)18(26)14(20)19(3,4)7-12-15(20)23-10(2)29-12/h11,13-14,17-18,25-27H,1,5-8H2,2-4H3/t11-,13-,14+,17+,18-,20-,21-,22?/m0/s1. The maximum atomic E-state index is 13.6. The molecule has 8 atom stereocenters. The van der Waals surface area contributed by atoms with Crippen molar-refractivity contribution < 1.29 is 24.9 Å². The van der Waals surface area contributed by atoms with Gasteiger partial charge in [0.05, 0.1) is 23.4 Å². The van der Waals surface area contributed by atoms with Crippen LogP contribution in [0.2, 0.25) is 0 Å². The third-order valence-electron chi connectivity index (χ3n) is 9.00. The number of rotatable bonds is 0. The topological polar surface area (TPSA) is 99.9 Å². The van der Waals surface area contributed by atoms with Crippen molar-refractivity contribution in [1.82, 2.24) is 4.98 Å². The lowest BCUT2D eigenvalue weighted by Crippen LogP contribution is -2.85.